The second kappa shape index (κ2) is 7.80. The molecule has 8 nitrogen and oxygen atoms in total. The van der Waals surface area contributed by atoms with Crippen molar-refractivity contribution in [1.82, 2.24) is 10.2 Å². The van der Waals surface area contributed by atoms with E-state index in [9.17, 15) is 21.6 Å². The minimum absolute atomic E-state index is 0.0380. The van der Waals surface area contributed by atoms with Crippen LogP contribution >= 0.6 is 0 Å². The summed E-state index contributed by atoms with van der Waals surface area (Å²) in [4.78, 5) is 15.1. The summed E-state index contributed by atoms with van der Waals surface area (Å²) in [6.07, 6.45) is 4.98. The molecule has 1 N–H and O–H groups in total. The van der Waals surface area contributed by atoms with E-state index in [-0.39, 0.29) is 29.5 Å². The van der Waals surface area contributed by atoms with Crippen LogP contribution in [0.25, 0.3) is 0 Å². The number of likely N-dealkylation sites (tertiary alicyclic amines) is 1. The highest BCUT2D eigenvalue weighted by molar-refractivity contribution is 7.92. The highest BCUT2D eigenvalue weighted by atomic mass is 32.2. The largest absolute Gasteiger partial charge is 0.347 e. The third-order valence-electron chi connectivity index (χ3n) is 6.35. The van der Waals surface area contributed by atoms with Gasteiger partial charge in [0.1, 0.15) is 0 Å². The predicted molar refractivity (Wildman–Crippen MR) is 116 cm³/mol. The van der Waals surface area contributed by atoms with Crippen LogP contribution in [0.3, 0.4) is 0 Å². The number of sulfonamides is 1. The molecule has 0 saturated carbocycles. The Morgan fingerprint density at radius 1 is 1.13 bits per heavy atom. The molecule has 0 unspecified atom stereocenters. The van der Waals surface area contributed by atoms with Crippen LogP contribution in [-0.2, 0) is 26.3 Å². The molecule has 0 aromatic heterocycles. The summed E-state index contributed by atoms with van der Waals surface area (Å²) in [5.41, 5.74) is 1.85. The van der Waals surface area contributed by atoms with Crippen LogP contribution in [0.2, 0.25) is 0 Å². The lowest BCUT2D eigenvalue weighted by Crippen LogP contribution is -2.52. The Kier molecular flexibility index (Phi) is 5.61. The standard InChI is InChI=1S/C20H29N3O5S2/c1-14-10-16-11-15(6-7-18(16)23(14)29(2,25)26)20(24)21-17-12-30(27,28)13-19(17)22-8-4-3-5-9-22/h6-7,11,14,17,19H,3-5,8-10,12-13H2,1-2H3,(H,21,24)/t14-,17-,19-/m1/s1. The molecule has 3 aliphatic rings. The molecule has 0 bridgehead atoms. The fraction of sp³-hybridized carbons (Fsp3) is 0.650. The Balaban J connectivity index is 1.53. The van der Waals surface area contributed by atoms with Gasteiger partial charge in [-0.2, -0.15) is 0 Å². The molecule has 1 aromatic rings. The number of hydrogen-bond donors (Lipinski definition) is 1. The van der Waals surface area contributed by atoms with Gasteiger partial charge < -0.3 is 5.32 Å². The number of amides is 1. The number of benzene rings is 1. The van der Waals surface area contributed by atoms with Crippen LogP contribution < -0.4 is 9.62 Å². The molecule has 2 fully saturated rings. The summed E-state index contributed by atoms with van der Waals surface area (Å²) in [6, 6.07) is 4.20. The van der Waals surface area contributed by atoms with Crippen molar-refractivity contribution in [2.45, 2.75) is 50.7 Å². The quantitative estimate of drug-likeness (QED) is 0.720. The van der Waals surface area contributed by atoms with Gasteiger partial charge in [-0.3, -0.25) is 14.0 Å². The Hall–Kier alpha value is -1.65. The van der Waals surface area contributed by atoms with Gasteiger partial charge in [0.05, 0.1) is 29.5 Å². The molecule has 30 heavy (non-hydrogen) atoms. The first kappa shape index (κ1) is 21.6. The van der Waals surface area contributed by atoms with Crippen LogP contribution in [0.15, 0.2) is 18.2 Å². The molecular formula is C20H29N3O5S2. The average Bonchev–Trinajstić information content (AvgIpc) is 3.16. The van der Waals surface area contributed by atoms with E-state index in [0.29, 0.717) is 17.7 Å². The summed E-state index contributed by atoms with van der Waals surface area (Å²) < 4.78 is 50.1. The summed E-state index contributed by atoms with van der Waals surface area (Å²) in [7, 11) is -6.58. The van der Waals surface area contributed by atoms with Crippen molar-refractivity contribution in [3.8, 4) is 0 Å². The van der Waals surface area contributed by atoms with Crippen molar-refractivity contribution in [3.63, 3.8) is 0 Å². The molecule has 166 valence electrons. The van der Waals surface area contributed by atoms with E-state index in [0.717, 1.165) is 37.9 Å². The molecule has 10 heteroatoms. The van der Waals surface area contributed by atoms with Crippen molar-refractivity contribution in [1.29, 1.82) is 0 Å². The van der Waals surface area contributed by atoms with Gasteiger partial charge in [-0.25, -0.2) is 16.8 Å². The van der Waals surface area contributed by atoms with Gasteiger partial charge in [-0.15, -0.1) is 0 Å². The molecule has 4 rings (SSSR count). The first-order valence-corrected chi connectivity index (χ1v) is 14.1. The maximum Gasteiger partial charge on any atom is 0.251 e. The highest BCUT2D eigenvalue weighted by Crippen LogP contribution is 2.34. The topological polar surface area (TPSA) is 104 Å². The molecule has 1 amide bonds. The van der Waals surface area contributed by atoms with Crippen LogP contribution in [0.4, 0.5) is 5.69 Å². The van der Waals surface area contributed by atoms with Gasteiger partial charge in [0.25, 0.3) is 5.91 Å². The molecule has 0 aliphatic carbocycles. The molecule has 3 atom stereocenters. The fourth-order valence-corrected chi connectivity index (χ4v) is 8.29. The number of sulfone groups is 1. The van der Waals surface area contributed by atoms with Gasteiger partial charge in [-0.1, -0.05) is 6.42 Å². The first-order chi connectivity index (χ1) is 14.0. The molecule has 0 radical (unpaired) electrons. The summed E-state index contributed by atoms with van der Waals surface area (Å²) in [6.45, 7) is 3.57. The maximum absolute atomic E-state index is 12.9. The maximum atomic E-state index is 12.9. The number of rotatable bonds is 4. The van der Waals surface area contributed by atoms with Gasteiger partial charge in [0.2, 0.25) is 10.0 Å². The Morgan fingerprint density at radius 3 is 2.50 bits per heavy atom. The second-order valence-corrected chi connectivity index (χ2v) is 12.8. The van der Waals surface area contributed by atoms with Gasteiger partial charge >= 0.3 is 0 Å². The molecular weight excluding hydrogens is 426 g/mol. The summed E-state index contributed by atoms with van der Waals surface area (Å²) in [5, 5.41) is 2.95. The normalized spacial score (nSPS) is 29.0. The Labute approximate surface area is 178 Å². The van der Waals surface area contributed by atoms with Crippen molar-refractivity contribution in [3.05, 3.63) is 29.3 Å². The lowest BCUT2D eigenvalue weighted by atomic mass is 10.0. The van der Waals surface area contributed by atoms with Crippen molar-refractivity contribution < 1.29 is 21.6 Å². The Bertz CT molecular complexity index is 1050. The number of fused-ring (bicyclic) bond motifs is 1. The first-order valence-electron chi connectivity index (χ1n) is 10.4. The minimum Gasteiger partial charge on any atom is -0.347 e. The van der Waals surface area contributed by atoms with Crippen LogP contribution in [0.1, 0.15) is 42.1 Å². The lowest BCUT2D eigenvalue weighted by molar-refractivity contribution is 0.0900. The van der Waals surface area contributed by atoms with Gasteiger partial charge in [0.15, 0.2) is 9.84 Å². The van der Waals surface area contributed by atoms with E-state index in [4.69, 9.17) is 0 Å². The third-order valence-corrected chi connectivity index (χ3v) is 9.34. The monoisotopic (exact) mass is 455 g/mol. The molecule has 0 spiro atoms. The Morgan fingerprint density at radius 2 is 1.83 bits per heavy atom. The van der Waals surface area contributed by atoms with E-state index >= 15 is 0 Å². The number of nitrogens with zero attached hydrogens (tertiary/aromatic N) is 2. The average molecular weight is 456 g/mol. The van der Waals surface area contributed by atoms with E-state index in [1.165, 1.54) is 10.6 Å². The molecule has 3 heterocycles. The zero-order valence-corrected chi connectivity index (χ0v) is 19.0. The minimum atomic E-state index is -3.39. The SMILES string of the molecule is C[C@@H]1Cc2cc(C(=O)N[C@@H]3CS(=O)(=O)C[C@H]3N3CCCCC3)ccc2N1S(C)(=O)=O. The van der Waals surface area contributed by atoms with Crippen molar-refractivity contribution >= 4 is 31.5 Å². The van der Waals surface area contributed by atoms with E-state index in [2.05, 4.69) is 10.2 Å². The van der Waals surface area contributed by atoms with Crippen LogP contribution in [-0.4, -0.2) is 76.6 Å². The highest BCUT2D eigenvalue weighted by Gasteiger charge is 2.42. The van der Waals surface area contributed by atoms with Crippen molar-refractivity contribution in [2.24, 2.45) is 0 Å². The van der Waals surface area contributed by atoms with Gasteiger partial charge in [0, 0.05) is 17.6 Å². The van der Waals surface area contributed by atoms with E-state index in [1.54, 1.807) is 18.2 Å². The zero-order valence-electron chi connectivity index (χ0n) is 17.4. The number of hydrogen-bond acceptors (Lipinski definition) is 6. The van der Waals surface area contributed by atoms with E-state index < -0.39 is 25.9 Å². The molecule has 2 saturated heterocycles. The molecule has 3 aliphatic heterocycles. The number of anilines is 1. The van der Waals surface area contributed by atoms with Crippen molar-refractivity contribution in [2.75, 3.05) is 35.2 Å². The lowest BCUT2D eigenvalue weighted by Gasteiger charge is -2.35. The summed E-state index contributed by atoms with van der Waals surface area (Å²) in [5.74, 6) is -0.264. The van der Waals surface area contributed by atoms with Gasteiger partial charge in [-0.05, 0) is 63.0 Å². The molecule has 1 aromatic carbocycles. The second-order valence-electron chi connectivity index (χ2n) is 8.78. The smallest absolute Gasteiger partial charge is 0.251 e. The predicted octanol–water partition coefficient (Wildman–Crippen LogP) is 0.779. The fourth-order valence-electron chi connectivity index (χ4n) is 5.08. The summed E-state index contributed by atoms with van der Waals surface area (Å²) >= 11 is 0. The van der Waals surface area contributed by atoms with Crippen LogP contribution in [0.5, 0.6) is 0 Å². The zero-order chi connectivity index (χ0) is 21.7. The number of nitrogens with one attached hydrogen (secondary N) is 1. The number of carbonyl (C=O) groups excluding carboxylic acids is 1. The third kappa shape index (κ3) is 4.22. The number of piperidine rings is 1. The number of carbonyl (C=O) groups is 1. The van der Waals surface area contributed by atoms with E-state index in [1.807, 2.05) is 6.92 Å². The van der Waals surface area contributed by atoms with Crippen LogP contribution in [0, 0.1) is 0 Å².